The summed E-state index contributed by atoms with van der Waals surface area (Å²) in [7, 11) is 3.97. The molecule has 0 spiro atoms. The van der Waals surface area contributed by atoms with Crippen LogP contribution in [0.2, 0.25) is 0 Å². The standard InChI is InChI=1S/C22H31N3O2S/c1-7-21(26)23-18-10-11-19(24(5)6)17(13-18)14-25(16(4)15(2)3)22(27)20-9-8-12-28-20/h8-13,15-16H,7,14H2,1-6H3,(H,23,26)/t16-/m0/s1. The summed E-state index contributed by atoms with van der Waals surface area (Å²) in [4.78, 5) is 29.7. The van der Waals surface area contributed by atoms with Crippen molar-refractivity contribution >= 4 is 34.5 Å². The van der Waals surface area contributed by atoms with Crippen molar-refractivity contribution < 1.29 is 9.59 Å². The van der Waals surface area contributed by atoms with E-state index >= 15 is 0 Å². The summed E-state index contributed by atoms with van der Waals surface area (Å²) in [5.41, 5.74) is 2.80. The van der Waals surface area contributed by atoms with Gasteiger partial charge in [-0.3, -0.25) is 9.59 Å². The summed E-state index contributed by atoms with van der Waals surface area (Å²) in [5.74, 6) is 0.351. The highest BCUT2D eigenvalue weighted by atomic mass is 32.1. The van der Waals surface area contributed by atoms with Gasteiger partial charge in [-0.05, 0) is 48.1 Å². The lowest BCUT2D eigenvalue weighted by Gasteiger charge is -2.33. The fourth-order valence-electron chi connectivity index (χ4n) is 2.96. The van der Waals surface area contributed by atoms with Gasteiger partial charge >= 0.3 is 0 Å². The lowest BCUT2D eigenvalue weighted by molar-refractivity contribution is -0.115. The predicted molar refractivity (Wildman–Crippen MR) is 118 cm³/mol. The third kappa shape index (κ3) is 5.35. The maximum Gasteiger partial charge on any atom is 0.264 e. The van der Waals surface area contributed by atoms with E-state index in [9.17, 15) is 9.59 Å². The first-order chi connectivity index (χ1) is 13.2. The van der Waals surface area contributed by atoms with Crippen LogP contribution in [-0.2, 0) is 11.3 Å². The third-order valence-corrected chi connectivity index (χ3v) is 5.81. The van der Waals surface area contributed by atoms with Crippen molar-refractivity contribution in [1.29, 1.82) is 0 Å². The molecule has 6 heteroatoms. The normalized spacial score (nSPS) is 12.0. The number of benzene rings is 1. The molecule has 2 amide bonds. The largest absolute Gasteiger partial charge is 0.377 e. The van der Waals surface area contributed by atoms with Crippen LogP contribution in [0.4, 0.5) is 11.4 Å². The minimum Gasteiger partial charge on any atom is -0.377 e. The molecule has 0 aliphatic heterocycles. The minimum absolute atomic E-state index is 0.0226. The Morgan fingerprint density at radius 3 is 2.39 bits per heavy atom. The van der Waals surface area contributed by atoms with Crippen molar-refractivity contribution in [1.82, 2.24) is 4.90 Å². The molecule has 1 atom stereocenters. The Morgan fingerprint density at radius 1 is 1.14 bits per heavy atom. The smallest absolute Gasteiger partial charge is 0.264 e. The molecule has 2 aromatic rings. The maximum absolute atomic E-state index is 13.2. The van der Waals surface area contributed by atoms with Crippen molar-refractivity contribution in [2.24, 2.45) is 5.92 Å². The first-order valence-corrected chi connectivity index (χ1v) is 10.6. The fourth-order valence-corrected chi connectivity index (χ4v) is 3.64. The fraction of sp³-hybridized carbons (Fsp3) is 0.455. The summed E-state index contributed by atoms with van der Waals surface area (Å²) in [6.07, 6.45) is 0.429. The quantitative estimate of drug-likeness (QED) is 0.688. The highest BCUT2D eigenvalue weighted by Crippen LogP contribution is 2.28. The summed E-state index contributed by atoms with van der Waals surface area (Å²) in [6, 6.07) is 9.74. The van der Waals surface area contributed by atoms with Crippen molar-refractivity contribution in [3.8, 4) is 0 Å². The maximum atomic E-state index is 13.2. The lowest BCUT2D eigenvalue weighted by atomic mass is 10.0. The molecule has 5 nitrogen and oxygen atoms in total. The highest BCUT2D eigenvalue weighted by molar-refractivity contribution is 7.12. The number of carbonyl (C=O) groups excluding carboxylic acids is 2. The van der Waals surface area contributed by atoms with Gasteiger partial charge in [0.05, 0.1) is 4.88 Å². The zero-order valence-electron chi connectivity index (χ0n) is 17.7. The molecule has 0 saturated carbocycles. The molecule has 1 heterocycles. The second-order valence-corrected chi connectivity index (χ2v) is 8.48. The van der Waals surface area contributed by atoms with Crippen LogP contribution in [0.5, 0.6) is 0 Å². The van der Waals surface area contributed by atoms with Gasteiger partial charge in [0.15, 0.2) is 0 Å². The number of rotatable bonds is 8. The molecular formula is C22H31N3O2S. The third-order valence-electron chi connectivity index (χ3n) is 4.96. The molecule has 1 aromatic heterocycles. The van der Waals surface area contributed by atoms with E-state index in [0.29, 0.717) is 18.9 Å². The van der Waals surface area contributed by atoms with Gasteiger partial charge in [0, 0.05) is 44.5 Å². The van der Waals surface area contributed by atoms with Gasteiger partial charge in [-0.1, -0.05) is 26.8 Å². The van der Waals surface area contributed by atoms with Gasteiger partial charge < -0.3 is 15.1 Å². The Morgan fingerprint density at radius 2 is 1.86 bits per heavy atom. The Balaban J connectivity index is 2.41. The van der Waals surface area contributed by atoms with Crippen molar-refractivity contribution in [3.63, 3.8) is 0 Å². The van der Waals surface area contributed by atoms with Crippen LogP contribution >= 0.6 is 11.3 Å². The Labute approximate surface area is 172 Å². The van der Waals surface area contributed by atoms with Crippen molar-refractivity contribution in [2.75, 3.05) is 24.3 Å². The van der Waals surface area contributed by atoms with Crippen LogP contribution in [0.3, 0.4) is 0 Å². The molecule has 0 aliphatic carbocycles. The second kappa shape index (κ2) is 9.73. The number of hydrogen-bond acceptors (Lipinski definition) is 4. The van der Waals surface area contributed by atoms with Gasteiger partial charge in [-0.15, -0.1) is 11.3 Å². The molecule has 0 aliphatic rings. The predicted octanol–water partition coefficient (Wildman–Crippen LogP) is 4.85. The van der Waals surface area contributed by atoms with E-state index in [2.05, 4.69) is 26.1 Å². The minimum atomic E-state index is -0.0226. The molecule has 152 valence electrons. The zero-order chi connectivity index (χ0) is 20.8. The van der Waals surface area contributed by atoms with E-state index in [0.717, 1.165) is 21.8 Å². The van der Waals surface area contributed by atoms with Crippen LogP contribution in [0.15, 0.2) is 35.7 Å². The van der Waals surface area contributed by atoms with Gasteiger partial charge in [-0.25, -0.2) is 0 Å². The average molecular weight is 402 g/mol. The van der Waals surface area contributed by atoms with Gasteiger partial charge in [0.2, 0.25) is 5.91 Å². The highest BCUT2D eigenvalue weighted by Gasteiger charge is 2.26. The molecule has 1 aromatic carbocycles. The second-order valence-electron chi connectivity index (χ2n) is 7.53. The van der Waals surface area contributed by atoms with Crippen molar-refractivity contribution in [3.05, 3.63) is 46.2 Å². The molecular weight excluding hydrogens is 370 g/mol. The molecule has 0 fully saturated rings. The summed E-state index contributed by atoms with van der Waals surface area (Å²) in [5, 5.41) is 4.85. The van der Waals surface area contributed by atoms with Crippen LogP contribution in [0.1, 0.15) is 49.4 Å². The van der Waals surface area contributed by atoms with Crippen LogP contribution in [0.25, 0.3) is 0 Å². The zero-order valence-corrected chi connectivity index (χ0v) is 18.5. The van der Waals surface area contributed by atoms with Crippen LogP contribution < -0.4 is 10.2 Å². The number of thiophene rings is 1. The molecule has 0 radical (unpaired) electrons. The van der Waals surface area contributed by atoms with E-state index in [1.54, 1.807) is 0 Å². The Bertz CT molecular complexity index is 800. The average Bonchev–Trinajstić information content (AvgIpc) is 3.19. The molecule has 1 N–H and O–H groups in total. The van der Waals surface area contributed by atoms with E-state index in [1.165, 1.54) is 11.3 Å². The van der Waals surface area contributed by atoms with E-state index in [4.69, 9.17) is 0 Å². The summed E-state index contributed by atoms with van der Waals surface area (Å²) >= 11 is 1.47. The number of nitrogens with one attached hydrogen (secondary N) is 1. The van der Waals surface area contributed by atoms with Gasteiger partial charge in [-0.2, -0.15) is 0 Å². The summed E-state index contributed by atoms with van der Waals surface area (Å²) in [6.45, 7) is 8.66. The number of hydrogen-bond donors (Lipinski definition) is 1. The first-order valence-electron chi connectivity index (χ1n) is 9.69. The Hall–Kier alpha value is -2.34. The molecule has 0 saturated heterocycles. The monoisotopic (exact) mass is 401 g/mol. The van der Waals surface area contributed by atoms with Gasteiger partial charge in [0.25, 0.3) is 5.91 Å². The molecule has 0 bridgehead atoms. The van der Waals surface area contributed by atoms with E-state index in [-0.39, 0.29) is 17.9 Å². The van der Waals surface area contributed by atoms with Crippen LogP contribution in [-0.4, -0.2) is 36.9 Å². The van der Waals surface area contributed by atoms with Crippen LogP contribution in [0, 0.1) is 5.92 Å². The number of nitrogens with zero attached hydrogens (tertiary/aromatic N) is 2. The van der Waals surface area contributed by atoms with E-state index in [1.807, 2.05) is 66.5 Å². The molecule has 0 unspecified atom stereocenters. The first kappa shape index (κ1) is 22.0. The number of amides is 2. The lowest BCUT2D eigenvalue weighted by Crippen LogP contribution is -2.41. The van der Waals surface area contributed by atoms with Gasteiger partial charge in [0.1, 0.15) is 0 Å². The van der Waals surface area contributed by atoms with Crippen molar-refractivity contribution in [2.45, 2.75) is 46.7 Å². The molecule has 28 heavy (non-hydrogen) atoms. The SMILES string of the molecule is CCC(=O)Nc1ccc(N(C)C)c(CN(C(=O)c2cccs2)[C@@H](C)C(C)C)c1. The van der Waals surface area contributed by atoms with E-state index < -0.39 is 0 Å². The molecule has 2 rings (SSSR count). The number of carbonyl (C=O) groups is 2. The summed E-state index contributed by atoms with van der Waals surface area (Å²) < 4.78 is 0. The number of anilines is 2. The Kier molecular flexibility index (Phi) is 7.63. The topological polar surface area (TPSA) is 52.7 Å².